The normalized spacial score (nSPS) is 13.2. The third-order valence-electron chi connectivity index (χ3n) is 2.58. The summed E-state index contributed by atoms with van der Waals surface area (Å²) >= 11 is 0. The smallest absolute Gasteiger partial charge is 0.273 e. The molecule has 1 aromatic heterocycles. The predicted octanol–water partition coefficient (Wildman–Crippen LogP) is 0.367. The Bertz CT molecular complexity index is 782. The first-order chi connectivity index (χ1) is 10.4. The zero-order chi connectivity index (χ0) is 16.2. The Kier molecular flexibility index (Phi) is 4.71. The van der Waals surface area contributed by atoms with Gasteiger partial charge in [-0.2, -0.15) is 5.10 Å². The summed E-state index contributed by atoms with van der Waals surface area (Å²) in [6, 6.07) is 10.4. The van der Waals surface area contributed by atoms with E-state index in [2.05, 4.69) is 10.5 Å². The van der Waals surface area contributed by atoms with E-state index in [1.807, 2.05) is 0 Å². The highest BCUT2D eigenvalue weighted by Crippen LogP contribution is 2.13. The SMILES string of the molecule is O=C(N/N=C\c1ccc(S(=O)(=O)[O-])o1)[C@H](O)c1ccccc1. The van der Waals surface area contributed by atoms with Gasteiger partial charge in [0.25, 0.3) is 5.91 Å². The lowest BCUT2D eigenvalue weighted by atomic mass is 10.1. The van der Waals surface area contributed by atoms with E-state index in [-0.39, 0.29) is 5.76 Å². The first kappa shape index (κ1) is 15.9. The number of carbonyl (C=O) groups excluding carboxylic acids is 1. The zero-order valence-electron chi connectivity index (χ0n) is 11.0. The number of aliphatic hydroxyl groups excluding tert-OH is 1. The topological polar surface area (TPSA) is 132 Å². The number of aliphatic hydroxyl groups is 1. The van der Waals surface area contributed by atoms with Gasteiger partial charge in [0, 0.05) is 0 Å². The summed E-state index contributed by atoms with van der Waals surface area (Å²) in [5, 5.41) is 12.5. The van der Waals surface area contributed by atoms with Crippen LogP contribution in [0.5, 0.6) is 0 Å². The Hall–Kier alpha value is -2.49. The summed E-state index contributed by atoms with van der Waals surface area (Å²) in [5.41, 5.74) is 2.47. The second kappa shape index (κ2) is 6.52. The molecule has 1 atom stereocenters. The molecule has 0 spiro atoms. The molecule has 0 radical (unpaired) electrons. The molecule has 1 amide bonds. The largest absolute Gasteiger partial charge is 0.742 e. The average molecular weight is 323 g/mol. The molecule has 0 saturated carbocycles. The standard InChI is InChI=1S/C13H12N2O6S/c16-12(9-4-2-1-3-5-9)13(17)15-14-8-10-6-7-11(21-10)22(18,19)20/h1-8,12,16H,(H,15,17)(H,18,19,20)/p-1/b14-8-/t12-/m1/s1. The molecule has 116 valence electrons. The Morgan fingerprint density at radius 1 is 1.27 bits per heavy atom. The highest BCUT2D eigenvalue weighted by atomic mass is 32.2. The molecule has 8 nitrogen and oxygen atoms in total. The fraction of sp³-hybridized carbons (Fsp3) is 0.0769. The fourth-order valence-electron chi connectivity index (χ4n) is 1.55. The van der Waals surface area contributed by atoms with Crippen molar-refractivity contribution < 1.29 is 27.3 Å². The van der Waals surface area contributed by atoms with Crippen molar-refractivity contribution in [1.82, 2.24) is 5.43 Å². The molecule has 0 bridgehead atoms. The van der Waals surface area contributed by atoms with Crippen molar-refractivity contribution >= 4 is 22.2 Å². The lowest BCUT2D eigenvalue weighted by molar-refractivity contribution is -0.129. The van der Waals surface area contributed by atoms with E-state index in [9.17, 15) is 22.9 Å². The highest BCUT2D eigenvalue weighted by Gasteiger charge is 2.16. The maximum absolute atomic E-state index is 11.6. The fourth-order valence-corrected chi connectivity index (χ4v) is 1.98. The van der Waals surface area contributed by atoms with Crippen LogP contribution in [0, 0.1) is 0 Å². The molecule has 9 heteroatoms. The maximum Gasteiger partial charge on any atom is 0.273 e. The number of furan rings is 1. The van der Waals surface area contributed by atoms with E-state index >= 15 is 0 Å². The van der Waals surface area contributed by atoms with Gasteiger partial charge >= 0.3 is 0 Å². The van der Waals surface area contributed by atoms with Crippen molar-refractivity contribution in [3.8, 4) is 0 Å². The first-order valence-corrected chi connectivity index (χ1v) is 7.40. The molecule has 0 aliphatic heterocycles. The van der Waals surface area contributed by atoms with Gasteiger partial charge in [0.05, 0.1) is 6.21 Å². The van der Waals surface area contributed by atoms with Gasteiger partial charge in [-0.3, -0.25) is 4.79 Å². The van der Waals surface area contributed by atoms with E-state index in [0.29, 0.717) is 5.56 Å². The summed E-state index contributed by atoms with van der Waals surface area (Å²) < 4.78 is 36.7. The number of amides is 1. The minimum atomic E-state index is -4.68. The van der Waals surface area contributed by atoms with E-state index in [4.69, 9.17) is 4.42 Å². The number of hydrazone groups is 1. The summed E-state index contributed by atoms with van der Waals surface area (Å²) in [4.78, 5) is 11.6. The molecule has 1 heterocycles. The molecule has 0 saturated heterocycles. The number of benzene rings is 1. The van der Waals surface area contributed by atoms with Crippen LogP contribution in [-0.2, 0) is 14.9 Å². The highest BCUT2D eigenvalue weighted by molar-refractivity contribution is 7.85. The molecule has 0 aliphatic carbocycles. The molecule has 2 rings (SSSR count). The van der Waals surface area contributed by atoms with Gasteiger partial charge in [0.1, 0.15) is 5.76 Å². The van der Waals surface area contributed by atoms with Crippen molar-refractivity contribution in [3.05, 3.63) is 53.8 Å². The van der Waals surface area contributed by atoms with Crippen LogP contribution in [-0.4, -0.2) is 30.2 Å². The number of hydrogen-bond donors (Lipinski definition) is 2. The lowest BCUT2D eigenvalue weighted by Crippen LogP contribution is -2.25. The van der Waals surface area contributed by atoms with Gasteiger partial charge in [0.2, 0.25) is 5.09 Å². The van der Waals surface area contributed by atoms with Crippen LogP contribution in [0.1, 0.15) is 17.4 Å². The van der Waals surface area contributed by atoms with E-state index in [1.54, 1.807) is 30.3 Å². The van der Waals surface area contributed by atoms with E-state index < -0.39 is 27.2 Å². The van der Waals surface area contributed by atoms with Crippen LogP contribution in [0.2, 0.25) is 0 Å². The van der Waals surface area contributed by atoms with E-state index in [1.165, 1.54) is 6.07 Å². The van der Waals surface area contributed by atoms with Crippen molar-refractivity contribution in [2.75, 3.05) is 0 Å². The molecular weight excluding hydrogens is 312 g/mol. The maximum atomic E-state index is 11.6. The van der Waals surface area contributed by atoms with Crippen molar-refractivity contribution in [3.63, 3.8) is 0 Å². The second-order valence-corrected chi connectivity index (χ2v) is 5.47. The number of hydrogen-bond acceptors (Lipinski definition) is 7. The van der Waals surface area contributed by atoms with Gasteiger partial charge in [-0.05, 0) is 17.7 Å². The van der Waals surface area contributed by atoms with Crippen LogP contribution in [0.4, 0.5) is 0 Å². The zero-order valence-corrected chi connectivity index (χ0v) is 11.9. The Morgan fingerprint density at radius 3 is 2.55 bits per heavy atom. The van der Waals surface area contributed by atoms with Gasteiger partial charge in [-0.25, -0.2) is 13.8 Å². The first-order valence-electron chi connectivity index (χ1n) is 5.99. The Morgan fingerprint density at radius 2 is 1.95 bits per heavy atom. The third-order valence-corrected chi connectivity index (χ3v) is 3.29. The van der Waals surface area contributed by atoms with Crippen LogP contribution in [0.15, 0.2) is 57.1 Å². The average Bonchev–Trinajstić information content (AvgIpc) is 2.96. The Balaban J connectivity index is 1.97. The summed E-state index contributed by atoms with van der Waals surface area (Å²) in [6.07, 6.45) is -0.392. The van der Waals surface area contributed by atoms with E-state index in [0.717, 1.165) is 12.3 Å². The number of rotatable bonds is 5. The molecule has 0 unspecified atom stereocenters. The van der Waals surface area contributed by atoms with Gasteiger partial charge in [-0.1, -0.05) is 30.3 Å². The van der Waals surface area contributed by atoms with Gasteiger partial charge in [-0.15, -0.1) is 0 Å². The Labute approximate surface area is 125 Å². The van der Waals surface area contributed by atoms with Crippen molar-refractivity contribution in [2.45, 2.75) is 11.2 Å². The monoisotopic (exact) mass is 323 g/mol. The third kappa shape index (κ3) is 4.01. The number of carbonyl (C=O) groups is 1. The van der Waals surface area contributed by atoms with Crippen LogP contribution in [0.3, 0.4) is 0 Å². The molecule has 0 fully saturated rings. The van der Waals surface area contributed by atoms with Gasteiger partial charge in [0.15, 0.2) is 16.2 Å². The molecule has 1 aromatic carbocycles. The summed E-state index contributed by atoms with van der Waals surface area (Å²) in [5.74, 6) is -0.811. The molecular formula is C13H11N2O6S-. The van der Waals surface area contributed by atoms with Crippen molar-refractivity contribution in [1.29, 1.82) is 0 Å². The second-order valence-electron chi connectivity index (χ2n) is 4.16. The van der Waals surface area contributed by atoms with Crippen LogP contribution in [0.25, 0.3) is 0 Å². The summed E-state index contributed by atoms with van der Waals surface area (Å²) in [6.45, 7) is 0. The quantitative estimate of drug-likeness (QED) is 0.464. The molecule has 22 heavy (non-hydrogen) atoms. The molecule has 0 aliphatic rings. The van der Waals surface area contributed by atoms with Gasteiger partial charge < -0.3 is 14.1 Å². The minimum absolute atomic E-state index is 0.0380. The van der Waals surface area contributed by atoms with Crippen molar-refractivity contribution in [2.24, 2.45) is 5.10 Å². The van der Waals surface area contributed by atoms with Crippen LogP contribution >= 0.6 is 0 Å². The predicted molar refractivity (Wildman–Crippen MR) is 73.8 cm³/mol. The van der Waals surface area contributed by atoms with Crippen LogP contribution < -0.4 is 5.43 Å². The lowest BCUT2D eigenvalue weighted by Gasteiger charge is -2.08. The number of nitrogens with one attached hydrogen (secondary N) is 1. The number of nitrogens with zero attached hydrogens (tertiary/aromatic N) is 1. The minimum Gasteiger partial charge on any atom is -0.742 e. The molecule has 2 aromatic rings. The molecule has 2 N–H and O–H groups in total. The summed E-state index contributed by atoms with van der Waals surface area (Å²) in [7, 11) is -4.68.